The van der Waals surface area contributed by atoms with Gasteiger partial charge in [0.25, 0.3) is 0 Å². The summed E-state index contributed by atoms with van der Waals surface area (Å²) in [5, 5.41) is 3.10. The van der Waals surface area contributed by atoms with Crippen molar-refractivity contribution in [2.45, 2.75) is 91.2 Å². The fourth-order valence-corrected chi connectivity index (χ4v) is 6.68. The van der Waals surface area contributed by atoms with Gasteiger partial charge in [0.15, 0.2) is 0 Å². The van der Waals surface area contributed by atoms with Gasteiger partial charge in [-0.2, -0.15) is 0 Å². The first-order valence-corrected chi connectivity index (χ1v) is 14.3. The molecular weight excluding hydrogens is 488 g/mol. The lowest BCUT2D eigenvalue weighted by Gasteiger charge is -2.31. The SMILES string of the molecule is CC[C@@H](C(=O)N1CC2CC1CO2)c1c(C#CC(C)(C)C)sc(C(=O)OC)c1NC(=O)C1CCC(C)CC1. The molecule has 2 bridgehead atoms. The van der Waals surface area contributed by atoms with E-state index in [-0.39, 0.29) is 35.3 Å². The Morgan fingerprint density at radius 1 is 1.22 bits per heavy atom. The number of anilines is 1. The number of rotatable bonds is 6. The monoisotopic (exact) mass is 528 g/mol. The van der Waals surface area contributed by atoms with Crippen LogP contribution < -0.4 is 5.32 Å². The van der Waals surface area contributed by atoms with Crippen molar-refractivity contribution in [1.29, 1.82) is 0 Å². The summed E-state index contributed by atoms with van der Waals surface area (Å²) in [5.74, 6) is 5.89. The van der Waals surface area contributed by atoms with Crippen LogP contribution in [0.3, 0.4) is 0 Å². The summed E-state index contributed by atoms with van der Waals surface area (Å²) in [6.07, 6.45) is 5.14. The lowest BCUT2D eigenvalue weighted by molar-refractivity contribution is -0.137. The molecule has 3 aliphatic rings. The van der Waals surface area contributed by atoms with E-state index in [0.29, 0.717) is 46.5 Å². The summed E-state index contributed by atoms with van der Waals surface area (Å²) in [6.45, 7) is 11.4. The highest BCUT2D eigenvalue weighted by Gasteiger charge is 2.44. The highest BCUT2D eigenvalue weighted by Crippen LogP contribution is 2.43. The third-order valence-corrected chi connectivity index (χ3v) is 8.84. The minimum atomic E-state index is -0.529. The van der Waals surface area contributed by atoms with E-state index in [1.165, 1.54) is 18.4 Å². The van der Waals surface area contributed by atoms with Gasteiger partial charge in [0.05, 0.1) is 42.3 Å². The molecule has 0 aromatic carbocycles. The van der Waals surface area contributed by atoms with Crippen molar-refractivity contribution >= 4 is 34.8 Å². The zero-order valence-corrected chi connectivity index (χ0v) is 23.8. The minimum Gasteiger partial charge on any atom is -0.465 e. The predicted octanol–water partition coefficient (Wildman–Crippen LogP) is 5.19. The smallest absolute Gasteiger partial charge is 0.350 e. The number of amides is 2. The first-order valence-electron chi connectivity index (χ1n) is 13.5. The molecular formula is C29H40N2O5S. The third-order valence-electron chi connectivity index (χ3n) is 7.74. The van der Waals surface area contributed by atoms with Gasteiger partial charge in [-0.25, -0.2) is 4.79 Å². The Bertz CT molecular complexity index is 1100. The summed E-state index contributed by atoms with van der Waals surface area (Å²) in [7, 11) is 1.33. The summed E-state index contributed by atoms with van der Waals surface area (Å²) in [4.78, 5) is 43.2. The second kappa shape index (κ2) is 11.2. The van der Waals surface area contributed by atoms with Crippen molar-refractivity contribution in [1.82, 2.24) is 4.90 Å². The predicted molar refractivity (Wildman–Crippen MR) is 145 cm³/mol. The molecule has 202 valence electrons. The number of hydrogen-bond donors (Lipinski definition) is 1. The largest absolute Gasteiger partial charge is 0.465 e. The van der Waals surface area contributed by atoms with Crippen LogP contribution in [0.2, 0.25) is 0 Å². The first kappa shape index (κ1) is 27.7. The number of carbonyl (C=O) groups is 3. The maximum absolute atomic E-state index is 13.9. The number of nitrogens with zero attached hydrogens (tertiary/aromatic N) is 1. The molecule has 0 radical (unpaired) electrons. The standard InChI is InChI=1S/C29H40N2O5S/c1-7-21(27(33)31-15-20-14-19(31)16-36-20)23-22(12-13-29(3,4)5)37-25(28(34)35-6)24(23)30-26(32)18-10-8-17(2)9-11-18/h17-21H,7-11,14-16H2,1-6H3,(H,30,32)/t17?,18?,19?,20?,21-/m1/s1. The molecule has 1 aromatic rings. The number of methoxy groups -OCH3 is 1. The van der Waals surface area contributed by atoms with Crippen molar-refractivity contribution < 1.29 is 23.9 Å². The summed E-state index contributed by atoms with van der Waals surface area (Å²) in [6, 6.07) is 0.0802. The van der Waals surface area contributed by atoms with E-state index in [2.05, 4.69) is 24.1 Å². The van der Waals surface area contributed by atoms with Gasteiger partial charge in [-0.15, -0.1) is 11.3 Å². The molecule has 3 fully saturated rings. The average Bonchev–Trinajstić information content (AvgIpc) is 3.58. The van der Waals surface area contributed by atoms with Crippen LogP contribution in [0.5, 0.6) is 0 Å². The molecule has 2 saturated heterocycles. The van der Waals surface area contributed by atoms with Gasteiger partial charge in [-0.3, -0.25) is 9.59 Å². The third kappa shape index (κ3) is 6.04. The maximum Gasteiger partial charge on any atom is 0.350 e. The fraction of sp³-hybridized carbons (Fsp3) is 0.690. The minimum absolute atomic E-state index is 0.00770. The molecule has 3 atom stereocenters. The van der Waals surface area contributed by atoms with E-state index in [4.69, 9.17) is 9.47 Å². The van der Waals surface area contributed by atoms with Gasteiger partial charge in [0, 0.05) is 23.4 Å². The zero-order valence-electron chi connectivity index (χ0n) is 22.9. The second-order valence-electron chi connectivity index (χ2n) is 11.8. The Morgan fingerprint density at radius 3 is 2.46 bits per heavy atom. The Labute approximate surface area is 224 Å². The van der Waals surface area contributed by atoms with Gasteiger partial charge < -0.3 is 19.7 Å². The highest BCUT2D eigenvalue weighted by molar-refractivity contribution is 7.15. The highest BCUT2D eigenvalue weighted by atomic mass is 32.1. The number of esters is 1. The van der Waals surface area contributed by atoms with Gasteiger partial charge in [-0.05, 0) is 65.2 Å². The zero-order chi connectivity index (χ0) is 26.9. The Hall–Kier alpha value is -2.37. The van der Waals surface area contributed by atoms with Crippen LogP contribution in [0.4, 0.5) is 5.69 Å². The van der Waals surface area contributed by atoms with E-state index in [9.17, 15) is 14.4 Å². The van der Waals surface area contributed by atoms with Crippen LogP contribution in [0.25, 0.3) is 0 Å². The number of likely N-dealkylation sites (tertiary alicyclic amines) is 1. The van der Waals surface area contributed by atoms with Gasteiger partial charge >= 0.3 is 5.97 Å². The quantitative estimate of drug-likeness (QED) is 0.406. The Kier molecular flexibility index (Phi) is 8.35. The molecule has 1 aliphatic carbocycles. The number of ether oxygens (including phenoxy) is 2. The maximum atomic E-state index is 13.9. The molecule has 2 amide bonds. The van der Waals surface area contributed by atoms with E-state index in [0.717, 1.165) is 32.1 Å². The summed E-state index contributed by atoms with van der Waals surface area (Å²) < 4.78 is 10.8. The molecule has 1 saturated carbocycles. The van der Waals surface area contributed by atoms with Crippen molar-refractivity contribution in [2.75, 3.05) is 25.6 Å². The first-order chi connectivity index (χ1) is 17.5. The van der Waals surface area contributed by atoms with E-state index < -0.39 is 11.9 Å². The normalized spacial score (nSPS) is 25.8. The molecule has 1 aromatic heterocycles. The molecule has 2 unspecified atom stereocenters. The summed E-state index contributed by atoms with van der Waals surface area (Å²) >= 11 is 1.21. The van der Waals surface area contributed by atoms with Gasteiger partial charge in [0.2, 0.25) is 11.8 Å². The van der Waals surface area contributed by atoms with E-state index in [1.54, 1.807) is 0 Å². The fourth-order valence-electron chi connectivity index (χ4n) is 5.59. The van der Waals surface area contributed by atoms with Crippen molar-refractivity contribution in [2.24, 2.45) is 17.3 Å². The second-order valence-corrected chi connectivity index (χ2v) is 12.8. The molecule has 0 spiro atoms. The van der Waals surface area contributed by atoms with Crippen LogP contribution in [0, 0.1) is 29.1 Å². The number of fused-ring (bicyclic) bond motifs is 2. The topological polar surface area (TPSA) is 84.9 Å². The number of morpholine rings is 1. The van der Waals surface area contributed by atoms with Crippen molar-refractivity contribution in [3.05, 3.63) is 15.3 Å². The Morgan fingerprint density at radius 2 is 1.92 bits per heavy atom. The number of nitrogens with one attached hydrogen (secondary N) is 1. The molecule has 2 aliphatic heterocycles. The van der Waals surface area contributed by atoms with Crippen LogP contribution >= 0.6 is 11.3 Å². The van der Waals surface area contributed by atoms with Crippen LogP contribution in [-0.4, -0.2) is 55.1 Å². The Balaban J connectivity index is 1.78. The molecule has 37 heavy (non-hydrogen) atoms. The lowest BCUT2D eigenvalue weighted by Crippen LogP contribution is -2.44. The number of hydrogen-bond acceptors (Lipinski definition) is 6. The van der Waals surface area contributed by atoms with E-state index in [1.807, 2.05) is 32.6 Å². The molecule has 8 heteroatoms. The number of thiophene rings is 1. The molecule has 1 N–H and O–H groups in total. The molecule has 4 rings (SSSR count). The lowest BCUT2D eigenvalue weighted by atomic mass is 9.82. The van der Waals surface area contributed by atoms with Gasteiger partial charge in [0.1, 0.15) is 4.88 Å². The molecule has 3 heterocycles. The van der Waals surface area contributed by atoms with Crippen molar-refractivity contribution in [3.8, 4) is 11.8 Å². The average molecular weight is 529 g/mol. The van der Waals surface area contributed by atoms with E-state index >= 15 is 0 Å². The van der Waals surface area contributed by atoms with Gasteiger partial charge in [-0.1, -0.05) is 25.7 Å². The molecule has 7 nitrogen and oxygen atoms in total. The van der Waals surface area contributed by atoms with Crippen LogP contribution in [-0.2, 0) is 19.1 Å². The van der Waals surface area contributed by atoms with Crippen LogP contribution in [0.15, 0.2) is 0 Å². The van der Waals surface area contributed by atoms with Crippen LogP contribution in [0.1, 0.15) is 99.2 Å². The number of carbonyl (C=O) groups excluding carboxylic acids is 3. The van der Waals surface area contributed by atoms with Crippen molar-refractivity contribution in [3.63, 3.8) is 0 Å². The summed E-state index contributed by atoms with van der Waals surface area (Å²) in [5.41, 5.74) is 0.779.